The van der Waals surface area contributed by atoms with Gasteiger partial charge in [-0.2, -0.15) is 8.78 Å². The van der Waals surface area contributed by atoms with Crippen molar-refractivity contribution >= 4 is 18.0 Å². The maximum absolute atomic E-state index is 14.8. The third-order valence-electron chi connectivity index (χ3n) is 3.91. The molecule has 0 N–H and O–H groups in total. The smallest absolute Gasteiger partial charge is 0.346 e. The van der Waals surface area contributed by atoms with Crippen LogP contribution in [0.2, 0.25) is 0 Å². The molecule has 2 rings (SSSR count). The number of alkyl halides is 2. The summed E-state index contributed by atoms with van der Waals surface area (Å²) in [5.74, 6) is 0.975. The van der Waals surface area contributed by atoms with Crippen molar-refractivity contribution in [1.82, 2.24) is 0 Å². The predicted octanol–water partition coefficient (Wildman–Crippen LogP) is 4.65. The largest absolute Gasteiger partial charge is 0.493 e. The summed E-state index contributed by atoms with van der Waals surface area (Å²) in [6.07, 6.45) is 2.69. The van der Waals surface area contributed by atoms with Gasteiger partial charge in [-0.1, -0.05) is 24.3 Å². The van der Waals surface area contributed by atoms with E-state index < -0.39 is 6.05 Å². The minimum Gasteiger partial charge on any atom is -0.493 e. The molecule has 2 aromatic rings. The maximum atomic E-state index is 14.8. The number of ether oxygens (including phenoxy) is 2. The highest BCUT2D eigenvalue weighted by molar-refractivity contribution is 5.84. The molecule has 0 saturated heterocycles. The van der Waals surface area contributed by atoms with E-state index in [1.165, 1.54) is 32.4 Å². The van der Waals surface area contributed by atoms with Crippen molar-refractivity contribution in [3.63, 3.8) is 0 Å². The van der Waals surface area contributed by atoms with Crippen LogP contribution < -0.4 is 14.4 Å². The van der Waals surface area contributed by atoms with E-state index in [2.05, 4.69) is 0 Å². The van der Waals surface area contributed by atoms with Crippen LogP contribution in [0.3, 0.4) is 0 Å². The SMILES string of the molecule is CCN(c1ccccc1C=O)C(F)(F)/C=C/c1ccc(OC)c(OC)c1. The number of carbonyl (C=O) groups is 1. The van der Waals surface area contributed by atoms with Crippen LogP contribution >= 0.6 is 0 Å². The lowest BCUT2D eigenvalue weighted by Gasteiger charge is -2.31. The fourth-order valence-electron chi connectivity index (χ4n) is 2.62. The monoisotopic (exact) mass is 361 g/mol. The van der Waals surface area contributed by atoms with Gasteiger partial charge in [-0.3, -0.25) is 4.79 Å². The summed E-state index contributed by atoms with van der Waals surface area (Å²) < 4.78 is 39.9. The molecule has 0 heterocycles. The van der Waals surface area contributed by atoms with Crippen LogP contribution in [0.15, 0.2) is 48.5 Å². The molecule has 4 nitrogen and oxygen atoms in total. The summed E-state index contributed by atoms with van der Waals surface area (Å²) in [5.41, 5.74) is 0.947. The molecule has 0 aromatic heterocycles. The predicted molar refractivity (Wildman–Crippen MR) is 98.4 cm³/mol. The third-order valence-corrected chi connectivity index (χ3v) is 3.91. The number of carbonyl (C=O) groups excluding carboxylic acids is 1. The average Bonchev–Trinajstić information content (AvgIpc) is 2.66. The van der Waals surface area contributed by atoms with Gasteiger partial charge in [0.25, 0.3) is 0 Å². The molecular weight excluding hydrogens is 340 g/mol. The molecule has 0 bridgehead atoms. The quantitative estimate of drug-likeness (QED) is 0.507. The van der Waals surface area contributed by atoms with Gasteiger partial charge in [0.1, 0.15) is 0 Å². The second-order valence-electron chi connectivity index (χ2n) is 5.46. The van der Waals surface area contributed by atoms with Gasteiger partial charge in [-0.05, 0) is 36.8 Å². The van der Waals surface area contributed by atoms with E-state index in [0.717, 1.165) is 11.0 Å². The minimum atomic E-state index is -3.28. The molecule has 0 aliphatic carbocycles. The number of likely N-dealkylation sites (N-methyl/N-ethyl adjacent to an activating group) is 1. The number of nitrogens with zero attached hydrogens (tertiary/aromatic N) is 1. The van der Waals surface area contributed by atoms with Crippen molar-refractivity contribution in [3.05, 3.63) is 59.7 Å². The zero-order chi connectivity index (χ0) is 19.2. The first-order valence-electron chi connectivity index (χ1n) is 8.07. The van der Waals surface area contributed by atoms with Crippen LogP contribution in [0.1, 0.15) is 22.8 Å². The fourth-order valence-corrected chi connectivity index (χ4v) is 2.62. The highest BCUT2D eigenvalue weighted by Gasteiger charge is 2.34. The number of halogens is 2. The first-order chi connectivity index (χ1) is 12.5. The average molecular weight is 361 g/mol. The number of benzene rings is 2. The lowest BCUT2D eigenvalue weighted by molar-refractivity contribution is 0.0526. The standard InChI is InChI=1S/C20H21F2NO3/c1-4-23(17-8-6-5-7-16(17)14-24)20(21,22)12-11-15-9-10-18(25-2)19(13-15)26-3/h5-14H,4H2,1-3H3/b12-11+. The Morgan fingerprint density at radius 3 is 2.38 bits per heavy atom. The number of hydrogen-bond donors (Lipinski definition) is 0. The molecule has 0 aliphatic rings. The van der Waals surface area contributed by atoms with E-state index in [1.807, 2.05) is 0 Å². The Hall–Kier alpha value is -2.89. The molecule has 0 aliphatic heterocycles. The molecule has 0 amide bonds. The topological polar surface area (TPSA) is 38.8 Å². The van der Waals surface area contributed by atoms with E-state index in [4.69, 9.17) is 9.47 Å². The van der Waals surface area contributed by atoms with Gasteiger partial charge < -0.3 is 14.4 Å². The van der Waals surface area contributed by atoms with Crippen LogP contribution in [0.4, 0.5) is 14.5 Å². The van der Waals surface area contributed by atoms with E-state index in [0.29, 0.717) is 23.3 Å². The number of para-hydroxylation sites is 1. The zero-order valence-corrected chi connectivity index (χ0v) is 14.9. The van der Waals surface area contributed by atoms with Gasteiger partial charge in [0.15, 0.2) is 17.8 Å². The highest BCUT2D eigenvalue weighted by atomic mass is 19.3. The zero-order valence-electron chi connectivity index (χ0n) is 14.9. The molecule has 0 saturated carbocycles. The Morgan fingerprint density at radius 1 is 1.08 bits per heavy atom. The van der Waals surface area contributed by atoms with Crippen LogP contribution in [-0.2, 0) is 0 Å². The van der Waals surface area contributed by atoms with Crippen molar-refractivity contribution in [2.24, 2.45) is 0 Å². The van der Waals surface area contributed by atoms with Crippen LogP contribution in [0, 0.1) is 0 Å². The van der Waals surface area contributed by atoms with Crippen molar-refractivity contribution < 1.29 is 23.0 Å². The molecule has 6 heteroatoms. The molecule has 138 valence electrons. The summed E-state index contributed by atoms with van der Waals surface area (Å²) in [4.78, 5) is 12.1. The number of methoxy groups -OCH3 is 2. The van der Waals surface area contributed by atoms with E-state index >= 15 is 0 Å². The van der Waals surface area contributed by atoms with E-state index in [9.17, 15) is 13.6 Å². The molecule has 0 fully saturated rings. The van der Waals surface area contributed by atoms with Crippen molar-refractivity contribution in [3.8, 4) is 11.5 Å². The van der Waals surface area contributed by atoms with Crippen LogP contribution in [0.25, 0.3) is 6.08 Å². The Labute approximate surface area is 151 Å². The summed E-state index contributed by atoms with van der Waals surface area (Å²) in [6.45, 7) is 1.65. The molecule has 2 aromatic carbocycles. The van der Waals surface area contributed by atoms with Gasteiger partial charge in [0.2, 0.25) is 0 Å². The van der Waals surface area contributed by atoms with Gasteiger partial charge in [-0.15, -0.1) is 0 Å². The number of anilines is 1. The Balaban J connectivity index is 2.33. The third kappa shape index (κ3) is 4.20. The number of aldehydes is 1. The molecule has 0 unspecified atom stereocenters. The lowest BCUT2D eigenvalue weighted by atomic mass is 10.1. The highest BCUT2D eigenvalue weighted by Crippen LogP contribution is 2.32. The molecule has 26 heavy (non-hydrogen) atoms. The summed E-state index contributed by atoms with van der Waals surface area (Å²) in [7, 11) is 2.99. The Kier molecular flexibility index (Phi) is 6.33. The molecular formula is C20H21F2NO3. The second kappa shape index (κ2) is 8.47. The first kappa shape index (κ1) is 19.4. The molecule has 0 atom stereocenters. The molecule has 0 radical (unpaired) electrons. The number of rotatable bonds is 8. The lowest BCUT2D eigenvalue weighted by Crippen LogP contribution is -2.40. The van der Waals surface area contributed by atoms with Crippen molar-refractivity contribution in [2.45, 2.75) is 13.0 Å². The van der Waals surface area contributed by atoms with Gasteiger partial charge in [0, 0.05) is 18.2 Å². The van der Waals surface area contributed by atoms with Gasteiger partial charge >= 0.3 is 6.05 Å². The maximum Gasteiger partial charge on any atom is 0.346 e. The van der Waals surface area contributed by atoms with Crippen molar-refractivity contribution in [2.75, 3.05) is 25.7 Å². The minimum absolute atomic E-state index is 0.0358. The Morgan fingerprint density at radius 2 is 1.77 bits per heavy atom. The second-order valence-corrected chi connectivity index (χ2v) is 5.46. The Bertz CT molecular complexity index is 790. The van der Waals surface area contributed by atoms with Gasteiger partial charge in [0.05, 0.1) is 19.9 Å². The molecule has 0 spiro atoms. The van der Waals surface area contributed by atoms with E-state index in [1.54, 1.807) is 37.3 Å². The van der Waals surface area contributed by atoms with Crippen LogP contribution in [0.5, 0.6) is 11.5 Å². The van der Waals surface area contributed by atoms with Crippen molar-refractivity contribution in [1.29, 1.82) is 0 Å². The summed E-state index contributed by atoms with van der Waals surface area (Å²) >= 11 is 0. The van der Waals surface area contributed by atoms with E-state index in [-0.39, 0.29) is 17.8 Å². The van der Waals surface area contributed by atoms with Crippen LogP contribution in [-0.4, -0.2) is 33.1 Å². The first-order valence-corrected chi connectivity index (χ1v) is 8.07. The number of hydrogen-bond acceptors (Lipinski definition) is 4. The van der Waals surface area contributed by atoms with Gasteiger partial charge in [-0.25, -0.2) is 0 Å². The fraction of sp³-hybridized carbons (Fsp3) is 0.250. The summed E-state index contributed by atoms with van der Waals surface area (Å²) in [6, 6.07) is 7.92. The summed E-state index contributed by atoms with van der Waals surface area (Å²) in [5, 5.41) is 0. The normalized spacial score (nSPS) is 11.4.